The second-order valence-corrected chi connectivity index (χ2v) is 2.26. The fourth-order valence-electron chi connectivity index (χ4n) is 0.646. The Morgan fingerprint density at radius 1 is 1.50 bits per heavy atom. The van der Waals surface area contributed by atoms with Gasteiger partial charge in [0.25, 0.3) is 5.91 Å². The molecule has 0 bridgehead atoms. The number of aliphatic hydroxyl groups is 1. The zero-order chi connectivity index (χ0) is 10.4. The van der Waals surface area contributed by atoms with Crippen LogP contribution in [0.5, 0.6) is 0 Å². The van der Waals surface area contributed by atoms with Crippen molar-refractivity contribution in [1.29, 1.82) is 0 Å². The van der Waals surface area contributed by atoms with Crippen LogP contribution >= 0.6 is 0 Å². The van der Waals surface area contributed by atoms with E-state index in [1.807, 2.05) is 0 Å². The Balaban J connectivity index is 2.78. The minimum atomic E-state index is -0.771. The van der Waals surface area contributed by atoms with E-state index >= 15 is 0 Å². The van der Waals surface area contributed by atoms with Gasteiger partial charge in [0.05, 0.1) is 11.8 Å². The number of aromatic nitrogens is 2. The highest BCUT2D eigenvalue weighted by Crippen LogP contribution is 1.99. The molecule has 0 aliphatic heterocycles. The number of hydrogen-bond donors (Lipinski definition) is 2. The number of carbonyl (C=O) groups is 1. The van der Waals surface area contributed by atoms with E-state index < -0.39 is 5.91 Å². The largest absolute Gasteiger partial charge is 0.515 e. The number of hydrogen-bond acceptors (Lipinski definition) is 5. The van der Waals surface area contributed by atoms with E-state index in [1.54, 1.807) is 6.07 Å². The Kier molecular flexibility index (Phi) is 3.31. The third-order valence-corrected chi connectivity index (χ3v) is 1.29. The first-order chi connectivity index (χ1) is 6.74. The van der Waals surface area contributed by atoms with Crippen molar-refractivity contribution in [2.75, 3.05) is 0 Å². The van der Waals surface area contributed by atoms with Gasteiger partial charge >= 0.3 is 0 Å². The van der Waals surface area contributed by atoms with E-state index in [0.29, 0.717) is 6.26 Å². The van der Waals surface area contributed by atoms with Crippen LogP contribution in [-0.4, -0.2) is 27.2 Å². The third kappa shape index (κ3) is 2.67. The number of aliphatic hydroxyl groups excluding tert-OH is 1. The molecule has 6 heteroatoms. The zero-order valence-electron chi connectivity index (χ0n) is 7.16. The first-order valence-corrected chi connectivity index (χ1v) is 3.69. The lowest BCUT2D eigenvalue weighted by Gasteiger charge is -1.91. The normalized spacial score (nSPS) is 11.9. The average molecular weight is 192 g/mol. The molecule has 0 aromatic carbocycles. The van der Waals surface area contributed by atoms with Gasteiger partial charge < -0.3 is 10.8 Å². The highest BCUT2D eigenvalue weighted by molar-refractivity contribution is 6.11. The Morgan fingerprint density at radius 3 is 2.64 bits per heavy atom. The van der Waals surface area contributed by atoms with E-state index in [-0.39, 0.29) is 11.5 Å². The fourth-order valence-corrected chi connectivity index (χ4v) is 0.646. The van der Waals surface area contributed by atoms with Gasteiger partial charge in [-0.3, -0.25) is 4.79 Å². The SMILES string of the molecule is NC(=O)C(=C\O)/C=N/c1ncccn1. The number of nitrogens with two attached hydrogens (primary N) is 1. The number of aliphatic imine (C=N–C) groups is 1. The lowest BCUT2D eigenvalue weighted by Crippen LogP contribution is -2.14. The summed E-state index contributed by atoms with van der Waals surface area (Å²) in [4.78, 5) is 21.9. The van der Waals surface area contributed by atoms with Crippen molar-refractivity contribution in [2.45, 2.75) is 0 Å². The van der Waals surface area contributed by atoms with Crippen LogP contribution in [0.1, 0.15) is 0 Å². The molecule has 0 spiro atoms. The molecule has 0 radical (unpaired) electrons. The van der Waals surface area contributed by atoms with Crippen LogP contribution in [0.15, 0.2) is 35.3 Å². The van der Waals surface area contributed by atoms with Crippen molar-refractivity contribution in [2.24, 2.45) is 10.7 Å². The van der Waals surface area contributed by atoms with Crippen LogP contribution in [0.2, 0.25) is 0 Å². The second kappa shape index (κ2) is 4.70. The van der Waals surface area contributed by atoms with Gasteiger partial charge in [-0.1, -0.05) is 0 Å². The molecule has 3 N–H and O–H groups in total. The minimum Gasteiger partial charge on any atom is -0.515 e. The van der Waals surface area contributed by atoms with Crippen molar-refractivity contribution >= 4 is 18.1 Å². The summed E-state index contributed by atoms with van der Waals surface area (Å²) in [5, 5.41) is 8.58. The fraction of sp³-hybridized carbons (Fsp3) is 0. The quantitative estimate of drug-likeness (QED) is 0.403. The number of rotatable bonds is 3. The molecular weight excluding hydrogens is 184 g/mol. The van der Waals surface area contributed by atoms with Gasteiger partial charge in [0.1, 0.15) is 0 Å². The van der Waals surface area contributed by atoms with Crippen molar-refractivity contribution in [1.82, 2.24) is 9.97 Å². The maximum absolute atomic E-state index is 10.6. The molecule has 1 amide bonds. The van der Waals surface area contributed by atoms with Gasteiger partial charge in [-0.05, 0) is 6.07 Å². The predicted octanol–water partition coefficient (Wildman–Crippen LogP) is 0.106. The lowest BCUT2D eigenvalue weighted by atomic mass is 10.3. The molecule has 1 aromatic rings. The van der Waals surface area contributed by atoms with Gasteiger partial charge in [0.2, 0.25) is 5.95 Å². The Hall–Kier alpha value is -2.24. The molecular formula is C8H8N4O2. The van der Waals surface area contributed by atoms with E-state index in [9.17, 15) is 4.79 Å². The molecule has 1 aromatic heterocycles. The molecule has 14 heavy (non-hydrogen) atoms. The molecule has 0 saturated heterocycles. The number of primary amides is 1. The molecule has 0 fully saturated rings. The number of nitrogens with zero attached hydrogens (tertiary/aromatic N) is 3. The lowest BCUT2D eigenvalue weighted by molar-refractivity contribution is -0.114. The Morgan fingerprint density at radius 2 is 2.14 bits per heavy atom. The first-order valence-electron chi connectivity index (χ1n) is 3.69. The Bertz CT molecular complexity index is 372. The summed E-state index contributed by atoms with van der Waals surface area (Å²) >= 11 is 0. The van der Waals surface area contributed by atoms with Crippen LogP contribution in [-0.2, 0) is 4.79 Å². The summed E-state index contributed by atoms with van der Waals surface area (Å²) in [5.41, 5.74) is 4.80. The molecule has 0 aliphatic carbocycles. The summed E-state index contributed by atoms with van der Waals surface area (Å²) in [6.07, 6.45) is 4.69. The van der Waals surface area contributed by atoms with E-state index in [2.05, 4.69) is 15.0 Å². The standard InChI is InChI=1S/C8H8N4O2/c9-7(14)6(5-13)4-12-8-10-2-1-3-11-8/h1-5,13H,(H2,9,14)/b6-5-,12-4+. The van der Waals surface area contributed by atoms with Crippen LogP contribution in [0.25, 0.3) is 0 Å². The second-order valence-electron chi connectivity index (χ2n) is 2.26. The smallest absolute Gasteiger partial charge is 0.253 e. The molecule has 0 unspecified atom stereocenters. The molecule has 1 rings (SSSR count). The molecule has 0 aliphatic rings. The van der Waals surface area contributed by atoms with Gasteiger partial charge in [-0.2, -0.15) is 0 Å². The summed E-state index contributed by atoms with van der Waals surface area (Å²) in [5.74, 6) is -0.583. The van der Waals surface area contributed by atoms with Gasteiger partial charge in [-0.15, -0.1) is 0 Å². The summed E-state index contributed by atoms with van der Waals surface area (Å²) < 4.78 is 0. The summed E-state index contributed by atoms with van der Waals surface area (Å²) in [6, 6.07) is 1.63. The summed E-state index contributed by atoms with van der Waals surface area (Å²) in [6.45, 7) is 0. The number of carbonyl (C=O) groups excluding carboxylic acids is 1. The van der Waals surface area contributed by atoms with E-state index in [1.165, 1.54) is 12.4 Å². The maximum Gasteiger partial charge on any atom is 0.253 e. The van der Waals surface area contributed by atoms with Crippen LogP contribution in [0.3, 0.4) is 0 Å². The van der Waals surface area contributed by atoms with E-state index in [4.69, 9.17) is 10.8 Å². The third-order valence-electron chi connectivity index (χ3n) is 1.29. The summed E-state index contributed by atoms with van der Waals surface area (Å²) in [7, 11) is 0. The monoisotopic (exact) mass is 192 g/mol. The molecule has 0 atom stereocenters. The Labute approximate surface area is 79.8 Å². The molecule has 72 valence electrons. The highest BCUT2D eigenvalue weighted by atomic mass is 16.2. The minimum absolute atomic E-state index is 0.113. The topological polar surface area (TPSA) is 101 Å². The van der Waals surface area contributed by atoms with Crippen molar-refractivity contribution < 1.29 is 9.90 Å². The van der Waals surface area contributed by atoms with Crippen molar-refractivity contribution in [3.8, 4) is 0 Å². The van der Waals surface area contributed by atoms with Crippen LogP contribution < -0.4 is 5.73 Å². The van der Waals surface area contributed by atoms with Crippen molar-refractivity contribution in [3.63, 3.8) is 0 Å². The first kappa shape index (κ1) is 9.85. The van der Waals surface area contributed by atoms with Crippen molar-refractivity contribution in [3.05, 3.63) is 30.3 Å². The molecule has 0 saturated carbocycles. The molecule has 1 heterocycles. The molecule has 6 nitrogen and oxygen atoms in total. The highest BCUT2D eigenvalue weighted by Gasteiger charge is 2.00. The zero-order valence-corrected chi connectivity index (χ0v) is 7.16. The maximum atomic E-state index is 10.6. The van der Waals surface area contributed by atoms with Gasteiger partial charge in [-0.25, -0.2) is 15.0 Å². The number of amides is 1. The predicted molar refractivity (Wildman–Crippen MR) is 50.1 cm³/mol. The van der Waals surface area contributed by atoms with Crippen LogP contribution in [0.4, 0.5) is 5.95 Å². The van der Waals surface area contributed by atoms with Crippen LogP contribution in [0, 0.1) is 0 Å². The van der Waals surface area contributed by atoms with Gasteiger partial charge in [0.15, 0.2) is 0 Å². The average Bonchev–Trinajstić information content (AvgIpc) is 2.20. The van der Waals surface area contributed by atoms with Gasteiger partial charge in [0, 0.05) is 18.6 Å². The van der Waals surface area contributed by atoms with E-state index in [0.717, 1.165) is 6.21 Å².